The average Bonchev–Trinajstić information content (AvgIpc) is 2.52. The maximum absolute atomic E-state index is 12.5. The summed E-state index contributed by atoms with van der Waals surface area (Å²) in [6.45, 7) is 12.6. The number of rotatable bonds is 1. The third-order valence-electron chi connectivity index (χ3n) is 4.65. The number of aromatic nitrogens is 2. The second-order valence-corrected chi connectivity index (χ2v) is 8.85. The van der Waals surface area contributed by atoms with E-state index in [4.69, 9.17) is 0 Å². The summed E-state index contributed by atoms with van der Waals surface area (Å²) in [6.07, 6.45) is 0. The molecule has 0 aliphatic heterocycles. The number of aromatic hydroxyl groups is 1. The van der Waals surface area contributed by atoms with Gasteiger partial charge >= 0.3 is 0 Å². The van der Waals surface area contributed by atoms with E-state index < -0.39 is 0 Å². The lowest BCUT2D eigenvalue weighted by Crippen LogP contribution is -2.17. The fourth-order valence-corrected chi connectivity index (χ4v) is 3.03. The molecule has 3 rings (SSSR count). The van der Waals surface area contributed by atoms with E-state index in [1.807, 2.05) is 24.3 Å². The number of phenolic OH excluding ortho intramolecular Hbond substituents is 1. The fourth-order valence-electron chi connectivity index (χ4n) is 3.03. The van der Waals surface area contributed by atoms with Gasteiger partial charge in [-0.05, 0) is 34.6 Å². The zero-order valence-corrected chi connectivity index (χ0v) is 16.3. The van der Waals surface area contributed by atoms with E-state index in [9.17, 15) is 9.90 Å². The lowest BCUT2D eigenvalue weighted by atomic mass is 9.79. The maximum atomic E-state index is 12.5. The van der Waals surface area contributed by atoms with Gasteiger partial charge in [-0.1, -0.05) is 59.7 Å². The van der Waals surface area contributed by atoms with Crippen LogP contribution in [0.15, 0.2) is 41.2 Å². The predicted octanol–water partition coefficient (Wildman–Crippen LogP) is 4.89. The summed E-state index contributed by atoms with van der Waals surface area (Å²) in [5.41, 5.74) is 2.57. The van der Waals surface area contributed by atoms with Crippen LogP contribution in [0.2, 0.25) is 0 Å². The minimum absolute atomic E-state index is 0.0976. The molecule has 2 N–H and O–H groups in total. The summed E-state index contributed by atoms with van der Waals surface area (Å²) in [5.74, 6) is 0.562. The van der Waals surface area contributed by atoms with E-state index in [-0.39, 0.29) is 22.1 Å². The van der Waals surface area contributed by atoms with Gasteiger partial charge in [0.2, 0.25) is 0 Å². The first-order chi connectivity index (χ1) is 12.0. The van der Waals surface area contributed by atoms with Crippen molar-refractivity contribution < 1.29 is 5.11 Å². The zero-order valence-electron chi connectivity index (χ0n) is 16.3. The Hall–Kier alpha value is -2.62. The quantitative estimate of drug-likeness (QED) is 0.656. The topological polar surface area (TPSA) is 66.0 Å². The number of H-pyrrole nitrogens is 1. The molecule has 0 amide bonds. The minimum Gasteiger partial charge on any atom is -0.507 e. The van der Waals surface area contributed by atoms with Gasteiger partial charge in [-0.2, -0.15) is 0 Å². The van der Waals surface area contributed by atoms with Crippen molar-refractivity contribution in [3.8, 4) is 17.1 Å². The predicted molar refractivity (Wildman–Crippen MR) is 107 cm³/mol. The summed E-state index contributed by atoms with van der Waals surface area (Å²) in [6, 6.07) is 11.2. The maximum Gasteiger partial charge on any atom is 0.259 e. The first-order valence-corrected chi connectivity index (χ1v) is 8.86. The molecular weight excluding hydrogens is 324 g/mol. The van der Waals surface area contributed by atoms with E-state index in [1.54, 1.807) is 6.07 Å². The molecule has 26 heavy (non-hydrogen) atoms. The standard InChI is InChI=1S/C22H26N2O2/c1-21(2,3)13-11-15(18(25)16(12-13)22(4,5)6)19-23-17-10-8-7-9-14(17)20(26)24-19/h7-12,25H,1-6H3,(H,23,24,26). The Morgan fingerprint density at radius 1 is 0.962 bits per heavy atom. The molecule has 4 nitrogen and oxygen atoms in total. The Balaban J connectivity index is 2.36. The molecule has 0 aliphatic rings. The first-order valence-electron chi connectivity index (χ1n) is 8.86. The highest BCUT2D eigenvalue weighted by molar-refractivity contribution is 5.80. The third kappa shape index (κ3) is 3.24. The van der Waals surface area contributed by atoms with Crippen molar-refractivity contribution in [2.75, 3.05) is 0 Å². The SMILES string of the molecule is CC(C)(C)c1cc(-c2nc3ccccc3c(=O)[nH]2)c(O)c(C(C)(C)C)c1. The van der Waals surface area contributed by atoms with Crippen LogP contribution >= 0.6 is 0 Å². The monoisotopic (exact) mass is 350 g/mol. The lowest BCUT2D eigenvalue weighted by molar-refractivity contribution is 0.446. The Labute approximate surface area is 153 Å². The Bertz CT molecular complexity index is 1030. The molecule has 2 aromatic carbocycles. The molecule has 0 saturated carbocycles. The highest BCUT2D eigenvalue weighted by atomic mass is 16.3. The summed E-state index contributed by atoms with van der Waals surface area (Å²) >= 11 is 0. The van der Waals surface area contributed by atoms with Gasteiger partial charge in [-0.3, -0.25) is 4.79 Å². The van der Waals surface area contributed by atoms with Crippen LogP contribution < -0.4 is 5.56 Å². The molecule has 0 bridgehead atoms. The van der Waals surface area contributed by atoms with Gasteiger partial charge in [-0.15, -0.1) is 0 Å². The molecule has 1 heterocycles. The zero-order chi connectivity index (χ0) is 19.3. The van der Waals surface area contributed by atoms with Gasteiger partial charge in [0.05, 0.1) is 16.5 Å². The van der Waals surface area contributed by atoms with Gasteiger partial charge in [0.1, 0.15) is 11.6 Å². The lowest BCUT2D eigenvalue weighted by Gasteiger charge is -2.27. The molecule has 0 fully saturated rings. The highest BCUT2D eigenvalue weighted by Crippen LogP contribution is 2.41. The number of hydrogen-bond acceptors (Lipinski definition) is 3. The fraction of sp³-hybridized carbons (Fsp3) is 0.364. The van der Waals surface area contributed by atoms with Crippen molar-refractivity contribution in [1.82, 2.24) is 9.97 Å². The number of para-hydroxylation sites is 1. The van der Waals surface area contributed by atoms with E-state index >= 15 is 0 Å². The normalized spacial score (nSPS) is 12.5. The molecule has 0 saturated heterocycles. The first kappa shape index (κ1) is 18.2. The number of hydrogen-bond donors (Lipinski definition) is 2. The van der Waals surface area contributed by atoms with Crippen molar-refractivity contribution in [3.63, 3.8) is 0 Å². The second-order valence-electron chi connectivity index (χ2n) is 8.85. The van der Waals surface area contributed by atoms with E-state index in [0.717, 1.165) is 11.1 Å². The van der Waals surface area contributed by atoms with Crippen molar-refractivity contribution in [2.45, 2.75) is 52.4 Å². The van der Waals surface area contributed by atoms with Crippen LogP contribution in [0, 0.1) is 0 Å². The summed E-state index contributed by atoms with van der Waals surface area (Å²) in [5, 5.41) is 11.5. The number of benzene rings is 2. The van der Waals surface area contributed by atoms with Gasteiger partial charge in [-0.25, -0.2) is 4.98 Å². The van der Waals surface area contributed by atoms with Crippen molar-refractivity contribution >= 4 is 10.9 Å². The average molecular weight is 350 g/mol. The minimum atomic E-state index is -0.239. The van der Waals surface area contributed by atoms with Crippen LogP contribution in [-0.2, 0) is 10.8 Å². The van der Waals surface area contributed by atoms with Crippen molar-refractivity contribution in [2.24, 2.45) is 0 Å². The molecule has 4 heteroatoms. The van der Waals surface area contributed by atoms with Crippen LogP contribution in [0.1, 0.15) is 52.7 Å². The van der Waals surface area contributed by atoms with Crippen LogP contribution in [0.3, 0.4) is 0 Å². The summed E-state index contributed by atoms with van der Waals surface area (Å²) in [4.78, 5) is 19.9. The van der Waals surface area contributed by atoms with E-state index in [0.29, 0.717) is 22.3 Å². The summed E-state index contributed by atoms with van der Waals surface area (Å²) < 4.78 is 0. The molecular formula is C22H26N2O2. The highest BCUT2D eigenvalue weighted by Gasteiger charge is 2.26. The molecule has 0 spiro atoms. The van der Waals surface area contributed by atoms with Crippen LogP contribution in [-0.4, -0.2) is 15.1 Å². The molecule has 0 unspecified atom stereocenters. The second kappa shape index (κ2) is 5.97. The molecule has 136 valence electrons. The van der Waals surface area contributed by atoms with Crippen LogP contribution in [0.4, 0.5) is 0 Å². The Kier molecular flexibility index (Phi) is 4.18. The van der Waals surface area contributed by atoms with Crippen molar-refractivity contribution in [1.29, 1.82) is 0 Å². The Morgan fingerprint density at radius 2 is 1.62 bits per heavy atom. The molecule has 0 radical (unpaired) electrons. The number of fused-ring (bicyclic) bond motifs is 1. The molecule has 1 aromatic heterocycles. The largest absolute Gasteiger partial charge is 0.507 e. The number of nitrogens with zero attached hydrogens (tertiary/aromatic N) is 1. The number of nitrogens with one attached hydrogen (secondary N) is 1. The van der Waals surface area contributed by atoms with Gasteiger partial charge in [0.15, 0.2) is 0 Å². The summed E-state index contributed by atoms with van der Waals surface area (Å²) in [7, 11) is 0. The number of aromatic amines is 1. The molecule has 3 aromatic rings. The smallest absolute Gasteiger partial charge is 0.259 e. The van der Waals surface area contributed by atoms with E-state index in [2.05, 4.69) is 57.6 Å². The van der Waals surface area contributed by atoms with Gasteiger partial charge in [0.25, 0.3) is 5.56 Å². The Morgan fingerprint density at radius 3 is 2.23 bits per heavy atom. The van der Waals surface area contributed by atoms with Crippen molar-refractivity contribution in [3.05, 3.63) is 57.9 Å². The molecule has 0 atom stereocenters. The van der Waals surface area contributed by atoms with Crippen LogP contribution in [0.25, 0.3) is 22.3 Å². The van der Waals surface area contributed by atoms with E-state index in [1.165, 1.54) is 0 Å². The van der Waals surface area contributed by atoms with Gasteiger partial charge < -0.3 is 10.1 Å². The number of phenols is 1. The third-order valence-corrected chi connectivity index (χ3v) is 4.65. The van der Waals surface area contributed by atoms with Crippen LogP contribution in [0.5, 0.6) is 5.75 Å². The molecule has 0 aliphatic carbocycles. The van der Waals surface area contributed by atoms with Gasteiger partial charge in [0, 0.05) is 5.56 Å².